The van der Waals surface area contributed by atoms with Crippen molar-refractivity contribution < 1.29 is 14.3 Å². The molecule has 2 aromatic rings. The van der Waals surface area contributed by atoms with E-state index in [1.807, 2.05) is 29.6 Å². The maximum atomic E-state index is 11.6. The summed E-state index contributed by atoms with van der Waals surface area (Å²) in [6.07, 6.45) is 1.68. The Hall–Kier alpha value is -1.85. The molecule has 1 amide bonds. The standard InChI is InChI=1S/C17H19NO3S/c1-12(20-10-17(19)18-15-5-6-15)21-16-4-2-3-13(9-16)14-7-8-22-11-14/h2-4,7-9,11-12,15H,5-6,10H2,1H3,(H,18,19). The number of thiophene rings is 1. The van der Waals surface area contributed by atoms with Crippen molar-refractivity contribution in [1.29, 1.82) is 0 Å². The van der Waals surface area contributed by atoms with Crippen LogP contribution in [-0.4, -0.2) is 24.8 Å². The van der Waals surface area contributed by atoms with Crippen molar-refractivity contribution in [3.63, 3.8) is 0 Å². The lowest BCUT2D eigenvalue weighted by Crippen LogP contribution is -2.31. The lowest BCUT2D eigenvalue weighted by Gasteiger charge is -2.15. The highest BCUT2D eigenvalue weighted by atomic mass is 32.1. The Labute approximate surface area is 134 Å². The third-order valence-electron chi connectivity index (χ3n) is 3.38. The summed E-state index contributed by atoms with van der Waals surface area (Å²) in [5, 5.41) is 7.03. The van der Waals surface area contributed by atoms with Crippen molar-refractivity contribution in [1.82, 2.24) is 5.32 Å². The summed E-state index contributed by atoms with van der Waals surface area (Å²) in [5.74, 6) is 0.656. The summed E-state index contributed by atoms with van der Waals surface area (Å²) in [6, 6.07) is 10.3. The average Bonchev–Trinajstić information content (AvgIpc) is 3.15. The third kappa shape index (κ3) is 4.32. The summed E-state index contributed by atoms with van der Waals surface area (Å²) >= 11 is 1.67. The maximum absolute atomic E-state index is 11.6. The van der Waals surface area contributed by atoms with Gasteiger partial charge in [-0.3, -0.25) is 4.79 Å². The van der Waals surface area contributed by atoms with Crippen LogP contribution in [0.1, 0.15) is 19.8 Å². The van der Waals surface area contributed by atoms with Gasteiger partial charge < -0.3 is 14.8 Å². The normalized spacial score (nSPS) is 15.3. The lowest BCUT2D eigenvalue weighted by molar-refractivity contribution is -0.135. The van der Waals surface area contributed by atoms with E-state index in [1.165, 1.54) is 5.56 Å². The van der Waals surface area contributed by atoms with Crippen LogP contribution in [0.2, 0.25) is 0 Å². The minimum Gasteiger partial charge on any atom is -0.465 e. The molecule has 1 aliphatic rings. The fourth-order valence-corrected chi connectivity index (χ4v) is 2.76. The fourth-order valence-electron chi connectivity index (χ4n) is 2.09. The Kier molecular flexibility index (Phi) is 4.75. The van der Waals surface area contributed by atoms with Gasteiger partial charge in [0.05, 0.1) is 0 Å². The van der Waals surface area contributed by atoms with E-state index in [2.05, 4.69) is 16.8 Å². The summed E-state index contributed by atoms with van der Waals surface area (Å²) in [6.45, 7) is 1.82. The van der Waals surface area contributed by atoms with Crippen LogP contribution in [0.3, 0.4) is 0 Å². The number of hydrogen-bond acceptors (Lipinski definition) is 4. The van der Waals surface area contributed by atoms with E-state index in [0.29, 0.717) is 6.04 Å². The molecule has 1 saturated carbocycles. The fraction of sp³-hybridized carbons (Fsp3) is 0.353. The van der Waals surface area contributed by atoms with E-state index in [0.717, 1.165) is 24.2 Å². The topological polar surface area (TPSA) is 47.6 Å². The summed E-state index contributed by atoms with van der Waals surface area (Å²) in [4.78, 5) is 11.6. The second-order valence-corrected chi connectivity index (χ2v) is 6.16. The van der Waals surface area contributed by atoms with Crippen LogP contribution >= 0.6 is 11.3 Å². The molecule has 1 aromatic carbocycles. The zero-order valence-electron chi connectivity index (χ0n) is 12.5. The summed E-state index contributed by atoms with van der Waals surface area (Å²) in [5.41, 5.74) is 2.28. The molecule has 1 N–H and O–H groups in total. The second-order valence-electron chi connectivity index (χ2n) is 5.38. The van der Waals surface area contributed by atoms with E-state index in [9.17, 15) is 4.79 Å². The Morgan fingerprint density at radius 2 is 2.23 bits per heavy atom. The Morgan fingerprint density at radius 1 is 1.36 bits per heavy atom. The molecule has 116 valence electrons. The van der Waals surface area contributed by atoms with Crippen LogP contribution in [-0.2, 0) is 9.53 Å². The maximum Gasteiger partial charge on any atom is 0.246 e. The van der Waals surface area contributed by atoms with Crippen molar-refractivity contribution in [2.75, 3.05) is 6.61 Å². The minimum absolute atomic E-state index is 0.0297. The molecule has 0 aliphatic heterocycles. The van der Waals surface area contributed by atoms with Gasteiger partial charge in [0.2, 0.25) is 5.91 Å². The van der Waals surface area contributed by atoms with Gasteiger partial charge in [-0.25, -0.2) is 0 Å². The van der Waals surface area contributed by atoms with Gasteiger partial charge in [-0.05, 0) is 59.9 Å². The third-order valence-corrected chi connectivity index (χ3v) is 4.07. The number of rotatable bonds is 7. The second kappa shape index (κ2) is 6.94. The van der Waals surface area contributed by atoms with E-state index in [-0.39, 0.29) is 12.5 Å². The van der Waals surface area contributed by atoms with Crippen molar-refractivity contribution in [3.8, 4) is 16.9 Å². The van der Waals surface area contributed by atoms with Crippen molar-refractivity contribution >= 4 is 17.2 Å². The van der Waals surface area contributed by atoms with E-state index in [4.69, 9.17) is 9.47 Å². The molecular weight excluding hydrogens is 298 g/mol. The van der Waals surface area contributed by atoms with Gasteiger partial charge in [0.15, 0.2) is 6.29 Å². The summed E-state index contributed by atoms with van der Waals surface area (Å²) < 4.78 is 11.2. The van der Waals surface area contributed by atoms with Crippen LogP contribution in [0.5, 0.6) is 5.75 Å². The monoisotopic (exact) mass is 317 g/mol. The molecule has 1 fully saturated rings. The molecule has 1 heterocycles. The van der Waals surface area contributed by atoms with Crippen molar-refractivity contribution in [2.24, 2.45) is 0 Å². The Balaban J connectivity index is 1.51. The van der Waals surface area contributed by atoms with Crippen LogP contribution in [0.25, 0.3) is 11.1 Å². The van der Waals surface area contributed by atoms with Crippen LogP contribution < -0.4 is 10.1 Å². The van der Waals surface area contributed by atoms with Crippen LogP contribution in [0.15, 0.2) is 41.1 Å². The molecule has 5 heteroatoms. The number of benzene rings is 1. The van der Waals surface area contributed by atoms with Crippen molar-refractivity contribution in [2.45, 2.75) is 32.1 Å². The molecular formula is C17H19NO3S. The number of ether oxygens (including phenoxy) is 2. The zero-order valence-corrected chi connectivity index (χ0v) is 13.3. The number of amides is 1. The van der Waals surface area contributed by atoms with Gasteiger partial charge >= 0.3 is 0 Å². The average molecular weight is 317 g/mol. The predicted octanol–water partition coefficient (Wildman–Crippen LogP) is 3.44. The molecule has 1 aliphatic carbocycles. The first-order valence-corrected chi connectivity index (χ1v) is 8.35. The number of carbonyl (C=O) groups is 1. The Bertz CT molecular complexity index is 623. The Morgan fingerprint density at radius 3 is 2.95 bits per heavy atom. The summed E-state index contributed by atoms with van der Waals surface area (Å²) in [7, 11) is 0. The van der Waals surface area contributed by atoms with E-state index in [1.54, 1.807) is 18.3 Å². The molecule has 0 spiro atoms. The van der Waals surface area contributed by atoms with Crippen LogP contribution in [0, 0.1) is 0 Å². The molecule has 4 nitrogen and oxygen atoms in total. The highest BCUT2D eigenvalue weighted by molar-refractivity contribution is 7.08. The molecule has 3 rings (SSSR count). The largest absolute Gasteiger partial charge is 0.465 e. The first kappa shape index (κ1) is 15.1. The molecule has 1 unspecified atom stereocenters. The van der Waals surface area contributed by atoms with Gasteiger partial charge in [0.25, 0.3) is 0 Å². The van der Waals surface area contributed by atoms with Gasteiger partial charge in [-0.1, -0.05) is 12.1 Å². The molecule has 22 heavy (non-hydrogen) atoms. The first-order chi connectivity index (χ1) is 10.7. The number of nitrogens with one attached hydrogen (secondary N) is 1. The lowest BCUT2D eigenvalue weighted by atomic mass is 10.1. The van der Waals surface area contributed by atoms with Crippen LogP contribution in [0.4, 0.5) is 0 Å². The molecule has 0 saturated heterocycles. The van der Waals surface area contributed by atoms with Gasteiger partial charge in [-0.15, -0.1) is 0 Å². The predicted molar refractivity (Wildman–Crippen MR) is 87.0 cm³/mol. The van der Waals surface area contributed by atoms with Crippen molar-refractivity contribution in [3.05, 3.63) is 41.1 Å². The van der Waals surface area contributed by atoms with Gasteiger partial charge in [0.1, 0.15) is 12.4 Å². The molecule has 1 aromatic heterocycles. The number of carbonyl (C=O) groups excluding carboxylic acids is 1. The van der Waals surface area contributed by atoms with Gasteiger partial charge in [-0.2, -0.15) is 11.3 Å². The quantitative estimate of drug-likeness (QED) is 0.796. The van der Waals surface area contributed by atoms with E-state index < -0.39 is 6.29 Å². The molecule has 0 radical (unpaired) electrons. The zero-order chi connectivity index (χ0) is 15.4. The van der Waals surface area contributed by atoms with E-state index >= 15 is 0 Å². The molecule has 1 atom stereocenters. The first-order valence-electron chi connectivity index (χ1n) is 7.41. The SMILES string of the molecule is CC(OCC(=O)NC1CC1)Oc1cccc(-c2ccsc2)c1. The highest BCUT2D eigenvalue weighted by Gasteiger charge is 2.23. The minimum atomic E-state index is -0.470. The smallest absolute Gasteiger partial charge is 0.246 e. The molecule has 0 bridgehead atoms. The van der Waals surface area contributed by atoms with Gasteiger partial charge in [0, 0.05) is 6.04 Å². The number of hydrogen-bond donors (Lipinski definition) is 1. The highest BCUT2D eigenvalue weighted by Crippen LogP contribution is 2.26.